The second kappa shape index (κ2) is 3.70. The first kappa shape index (κ1) is 10.0. The minimum atomic E-state index is 0.597. The average molecular weight is 218 g/mol. The summed E-state index contributed by atoms with van der Waals surface area (Å²) >= 11 is 0. The molecule has 2 aliphatic heterocycles. The van der Waals surface area contributed by atoms with Gasteiger partial charge in [0.1, 0.15) is 0 Å². The van der Waals surface area contributed by atoms with E-state index in [0.29, 0.717) is 12.1 Å². The van der Waals surface area contributed by atoms with Gasteiger partial charge in [-0.2, -0.15) is 0 Å². The second-order valence-corrected chi connectivity index (χ2v) is 4.90. The number of aryl methyl sites for hydroxylation is 2. The van der Waals surface area contributed by atoms with Gasteiger partial charge in [-0.3, -0.25) is 0 Å². The van der Waals surface area contributed by atoms with Crippen molar-refractivity contribution in [3.8, 4) is 0 Å². The van der Waals surface area contributed by atoms with Gasteiger partial charge in [0.25, 0.3) is 0 Å². The van der Waals surface area contributed by atoms with E-state index in [1.165, 1.54) is 12.8 Å². The second-order valence-electron chi connectivity index (χ2n) is 4.90. The van der Waals surface area contributed by atoms with Crippen LogP contribution in [-0.4, -0.2) is 35.1 Å². The zero-order valence-electron chi connectivity index (χ0n) is 9.90. The van der Waals surface area contributed by atoms with Crippen molar-refractivity contribution in [2.75, 3.05) is 18.0 Å². The van der Waals surface area contributed by atoms with Crippen LogP contribution < -0.4 is 10.2 Å². The zero-order valence-corrected chi connectivity index (χ0v) is 9.90. The van der Waals surface area contributed by atoms with Crippen LogP contribution in [0.5, 0.6) is 0 Å². The Morgan fingerprint density at radius 2 is 1.69 bits per heavy atom. The molecule has 2 bridgehead atoms. The fourth-order valence-electron chi connectivity index (χ4n) is 2.93. The van der Waals surface area contributed by atoms with Crippen molar-refractivity contribution in [3.05, 3.63) is 17.5 Å². The molecule has 4 heteroatoms. The Hall–Kier alpha value is -1.16. The molecule has 16 heavy (non-hydrogen) atoms. The van der Waals surface area contributed by atoms with Crippen LogP contribution >= 0.6 is 0 Å². The van der Waals surface area contributed by atoms with Gasteiger partial charge < -0.3 is 10.2 Å². The van der Waals surface area contributed by atoms with Crippen LogP contribution in [-0.2, 0) is 0 Å². The molecule has 2 atom stereocenters. The molecular formula is C12H18N4. The topological polar surface area (TPSA) is 41.1 Å². The summed E-state index contributed by atoms with van der Waals surface area (Å²) in [5.41, 5.74) is 2.14. The van der Waals surface area contributed by atoms with Crippen molar-refractivity contribution in [2.24, 2.45) is 0 Å². The molecule has 2 aliphatic rings. The third kappa shape index (κ3) is 1.57. The van der Waals surface area contributed by atoms with Crippen LogP contribution in [0.25, 0.3) is 0 Å². The van der Waals surface area contributed by atoms with E-state index < -0.39 is 0 Å². The lowest BCUT2D eigenvalue weighted by Crippen LogP contribution is -2.52. The zero-order chi connectivity index (χ0) is 11.1. The van der Waals surface area contributed by atoms with E-state index in [1.807, 2.05) is 19.9 Å². The van der Waals surface area contributed by atoms with Crippen molar-refractivity contribution < 1.29 is 0 Å². The Labute approximate surface area is 96.1 Å². The maximum absolute atomic E-state index is 4.59. The standard InChI is InChI=1S/C12H18N4/c1-8-5-9(2)15-12(14-8)16-10-3-4-11(16)7-13-6-10/h5,10-11,13H,3-4,6-7H2,1-2H3. The number of anilines is 1. The first-order chi connectivity index (χ1) is 7.74. The molecule has 3 heterocycles. The summed E-state index contributed by atoms with van der Waals surface area (Å²) in [6.07, 6.45) is 2.54. The van der Waals surface area contributed by atoms with Gasteiger partial charge in [-0.1, -0.05) is 0 Å². The van der Waals surface area contributed by atoms with E-state index in [1.54, 1.807) is 0 Å². The highest BCUT2D eigenvalue weighted by Gasteiger charge is 2.37. The van der Waals surface area contributed by atoms with Gasteiger partial charge in [0.15, 0.2) is 0 Å². The molecule has 1 aromatic heterocycles. The molecule has 0 radical (unpaired) electrons. The van der Waals surface area contributed by atoms with Gasteiger partial charge in [0.2, 0.25) is 5.95 Å². The van der Waals surface area contributed by atoms with E-state index in [4.69, 9.17) is 0 Å². The SMILES string of the molecule is Cc1cc(C)nc(N2C3CCC2CNC3)n1. The lowest BCUT2D eigenvalue weighted by molar-refractivity contribution is 0.476. The van der Waals surface area contributed by atoms with Gasteiger partial charge in [-0.15, -0.1) is 0 Å². The van der Waals surface area contributed by atoms with E-state index in [9.17, 15) is 0 Å². The molecule has 1 N–H and O–H groups in total. The summed E-state index contributed by atoms with van der Waals surface area (Å²) in [4.78, 5) is 11.6. The lowest BCUT2D eigenvalue weighted by atomic mass is 10.2. The highest BCUT2D eigenvalue weighted by atomic mass is 15.3. The number of hydrogen-bond donors (Lipinski definition) is 1. The van der Waals surface area contributed by atoms with Gasteiger partial charge in [0.05, 0.1) is 0 Å². The van der Waals surface area contributed by atoms with Crippen LogP contribution in [0.4, 0.5) is 5.95 Å². The monoisotopic (exact) mass is 218 g/mol. The van der Waals surface area contributed by atoms with Crippen molar-refractivity contribution in [3.63, 3.8) is 0 Å². The van der Waals surface area contributed by atoms with Gasteiger partial charge in [-0.05, 0) is 32.8 Å². The van der Waals surface area contributed by atoms with Crippen molar-refractivity contribution >= 4 is 5.95 Å². The van der Waals surface area contributed by atoms with Crippen molar-refractivity contribution in [1.29, 1.82) is 0 Å². The molecular weight excluding hydrogens is 200 g/mol. The average Bonchev–Trinajstić information content (AvgIpc) is 2.47. The van der Waals surface area contributed by atoms with Crippen LogP contribution in [0.1, 0.15) is 24.2 Å². The van der Waals surface area contributed by atoms with Crippen molar-refractivity contribution in [1.82, 2.24) is 15.3 Å². The number of hydrogen-bond acceptors (Lipinski definition) is 4. The molecule has 0 saturated carbocycles. The fraction of sp³-hybridized carbons (Fsp3) is 0.667. The predicted molar refractivity (Wildman–Crippen MR) is 63.7 cm³/mol. The van der Waals surface area contributed by atoms with Crippen LogP contribution in [0.2, 0.25) is 0 Å². The van der Waals surface area contributed by atoms with Gasteiger partial charge in [-0.25, -0.2) is 9.97 Å². The summed E-state index contributed by atoms with van der Waals surface area (Å²) in [6.45, 7) is 6.24. The minimum absolute atomic E-state index is 0.597. The Morgan fingerprint density at radius 3 is 2.25 bits per heavy atom. The molecule has 2 saturated heterocycles. The smallest absolute Gasteiger partial charge is 0.226 e. The predicted octanol–water partition coefficient (Wildman–Crippen LogP) is 1.03. The fourth-order valence-corrected chi connectivity index (χ4v) is 2.93. The molecule has 0 spiro atoms. The number of piperazine rings is 1. The van der Waals surface area contributed by atoms with Crippen LogP contribution in [0, 0.1) is 13.8 Å². The largest absolute Gasteiger partial charge is 0.332 e. The number of aromatic nitrogens is 2. The molecule has 0 aliphatic carbocycles. The molecule has 2 fully saturated rings. The van der Waals surface area contributed by atoms with Crippen molar-refractivity contribution in [2.45, 2.75) is 38.8 Å². The molecule has 86 valence electrons. The maximum atomic E-state index is 4.59. The van der Waals surface area contributed by atoms with E-state index >= 15 is 0 Å². The number of fused-ring (bicyclic) bond motifs is 2. The molecule has 4 nitrogen and oxygen atoms in total. The number of rotatable bonds is 1. The Kier molecular flexibility index (Phi) is 2.32. The molecule has 2 unspecified atom stereocenters. The first-order valence-electron chi connectivity index (χ1n) is 6.05. The molecule has 0 amide bonds. The maximum Gasteiger partial charge on any atom is 0.226 e. The number of nitrogens with zero attached hydrogens (tertiary/aromatic N) is 3. The Bertz CT molecular complexity index is 368. The summed E-state index contributed by atoms with van der Waals surface area (Å²) < 4.78 is 0. The Morgan fingerprint density at radius 1 is 1.12 bits per heavy atom. The van der Waals surface area contributed by atoms with E-state index in [-0.39, 0.29) is 0 Å². The summed E-state index contributed by atoms with van der Waals surface area (Å²) in [5, 5.41) is 3.48. The third-order valence-electron chi connectivity index (χ3n) is 3.58. The molecule has 1 aromatic rings. The van der Waals surface area contributed by atoms with Crippen LogP contribution in [0.3, 0.4) is 0 Å². The highest BCUT2D eigenvalue weighted by Crippen LogP contribution is 2.30. The minimum Gasteiger partial charge on any atom is -0.332 e. The molecule has 0 aromatic carbocycles. The molecule has 3 rings (SSSR count). The quantitative estimate of drug-likeness (QED) is 0.764. The summed E-state index contributed by atoms with van der Waals surface area (Å²) in [7, 11) is 0. The van der Waals surface area contributed by atoms with Gasteiger partial charge >= 0.3 is 0 Å². The lowest BCUT2D eigenvalue weighted by Gasteiger charge is -2.35. The van der Waals surface area contributed by atoms with Crippen LogP contribution in [0.15, 0.2) is 6.07 Å². The van der Waals surface area contributed by atoms with E-state index in [2.05, 4.69) is 20.2 Å². The Balaban J connectivity index is 1.97. The normalized spacial score (nSPS) is 28.5. The number of nitrogens with one attached hydrogen (secondary N) is 1. The third-order valence-corrected chi connectivity index (χ3v) is 3.58. The first-order valence-corrected chi connectivity index (χ1v) is 6.05. The summed E-state index contributed by atoms with van der Waals surface area (Å²) in [6, 6.07) is 3.23. The summed E-state index contributed by atoms with van der Waals surface area (Å²) in [5.74, 6) is 0.937. The highest BCUT2D eigenvalue weighted by molar-refractivity contribution is 5.39. The van der Waals surface area contributed by atoms with E-state index in [0.717, 1.165) is 30.4 Å². The van der Waals surface area contributed by atoms with Gasteiger partial charge in [0, 0.05) is 36.6 Å².